The number of nitrogens with zero attached hydrogens (tertiary/aromatic N) is 2. The van der Waals surface area contributed by atoms with Gasteiger partial charge in [-0.25, -0.2) is 0 Å². The minimum atomic E-state index is -0.652. The van der Waals surface area contributed by atoms with Crippen molar-refractivity contribution >= 4 is 5.97 Å². The summed E-state index contributed by atoms with van der Waals surface area (Å²) < 4.78 is 0. The van der Waals surface area contributed by atoms with Crippen molar-refractivity contribution in [2.45, 2.75) is 45.6 Å². The number of carbonyl (C=O) groups is 1. The zero-order valence-electron chi connectivity index (χ0n) is 11.7. The number of carboxylic acid groups (broad SMARTS) is 1. The highest BCUT2D eigenvalue weighted by molar-refractivity contribution is 5.74. The van der Waals surface area contributed by atoms with Gasteiger partial charge >= 0.3 is 5.97 Å². The van der Waals surface area contributed by atoms with Crippen LogP contribution >= 0.6 is 0 Å². The normalized spacial score (nSPS) is 29.6. The zero-order valence-corrected chi connectivity index (χ0v) is 11.7. The molecule has 0 aromatic heterocycles. The van der Waals surface area contributed by atoms with Crippen LogP contribution < -0.4 is 0 Å². The summed E-state index contributed by atoms with van der Waals surface area (Å²) in [6.45, 7) is 9.43. The Morgan fingerprint density at radius 2 is 1.83 bits per heavy atom. The van der Waals surface area contributed by atoms with Crippen LogP contribution in [0, 0.1) is 5.41 Å². The standard InChI is InChI=1S/C14H26N2O2/c1-14(2)6-5-9-16(12(14)13(17)18)11-10-15-7-3-4-8-15/h12H,3-11H2,1-2H3,(H,17,18). The van der Waals surface area contributed by atoms with E-state index in [1.807, 2.05) is 0 Å². The Kier molecular flexibility index (Phi) is 4.28. The summed E-state index contributed by atoms with van der Waals surface area (Å²) >= 11 is 0. The van der Waals surface area contributed by atoms with E-state index in [4.69, 9.17) is 0 Å². The Balaban J connectivity index is 1.93. The highest BCUT2D eigenvalue weighted by Crippen LogP contribution is 2.35. The predicted octanol–water partition coefficient (Wildman–Crippen LogP) is 1.66. The van der Waals surface area contributed by atoms with E-state index in [2.05, 4.69) is 23.6 Å². The second kappa shape index (κ2) is 5.57. The molecule has 1 N–H and O–H groups in total. The van der Waals surface area contributed by atoms with Crippen LogP contribution in [0.2, 0.25) is 0 Å². The molecule has 4 heteroatoms. The van der Waals surface area contributed by atoms with E-state index in [0.717, 1.165) is 32.5 Å². The third-order valence-corrected chi connectivity index (χ3v) is 4.51. The first-order valence-electron chi connectivity index (χ1n) is 7.20. The van der Waals surface area contributed by atoms with Crippen molar-refractivity contribution in [1.82, 2.24) is 9.80 Å². The van der Waals surface area contributed by atoms with Gasteiger partial charge in [0.25, 0.3) is 0 Å². The number of carboxylic acids is 1. The number of hydrogen-bond donors (Lipinski definition) is 1. The van der Waals surface area contributed by atoms with E-state index in [9.17, 15) is 9.90 Å². The molecule has 2 heterocycles. The third-order valence-electron chi connectivity index (χ3n) is 4.51. The SMILES string of the molecule is CC1(C)CCCN(CCN2CCCC2)C1C(=O)O. The molecule has 0 aromatic rings. The lowest BCUT2D eigenvalue weighted by Crippen LogP contribution is -2.55. The monoisotopic (exact) mass is 254 g/mol. The lowest BCUT2D eigenvalue weighted by molar-refractivity contribution is -0.150. The van der Waals surface area contributed by atoms with Crippen molar-refractivity contribution in [3.05, 3.63) is 0 Å². The van der Waals surface area contributed by atoms with Crippen LogP contribution in [-0.4, -0.2) is 59.6 Å². The third kappa shape index (κ3) is 3.04. The average Bonchev–Trinajstić information content (AvgIpc) is 2.77. The summed E-state index contributed by atoms with van der Waals surface area (Å²) in [5.74, 6) is -0.652. The summed E-state index contributed by atoms with van der Waals surface area (Å²) in [5, 5.41) is 9.48. The highest BCUT2D eigenvalue weighted by Gasteiger charge is 2.42. The van der Waals surface area contributed by atoms with Crippen LogP contribution in [0.3, 0.4) is 0 Å². The Morgan fingerprint density at radius 1 is 1.17 bits per heavy atom. The van der Waals surface area contributed by atoms with Crippen molar-refractivity contribution in [3.63, 3.8) is 0 Å². The minimum Gasteiger partial charge on any atom is -0.480 e. The van der Waals surface area contributed by atoms with Crippen LogP contribution in [0.4, 0.5) is 0 Å². The first kappa shape index (κ1) is 13.8. The Labute approximate surface area is 110 Å². The molecule has 0 spiro atoms. The molecule has 2 aliphatic rings. The molecule has 2 rings (SSSR count). The fraction of sp³-hybridized carbons (Fsp3) is 0.929. The molecule has 0 aromatic carbocycles. The van der Waals surface area contributed by atoms with E-state index in [-0.39, 0.29) is 11.5 Å². The molecule has 2 fully saturated rings. The second-order valence-corrected chi connectivity index (χ2v) is 6.42. The first-order valence-corrected chi connectivity index (χ1v) is 7.20. The van der Waals surface area contributed by atoms with Crippen molar-refractivity contribution in [3.8, 4) is 0 Å². The Hall–Kier alpha value is -0.610. The van der Waals surface area contributed by atoms with E-state index in [1.165, 1.54) is 25.9 Å². The quantitative estimate of drug-likeness (QED) is 0.828. The molecule has 0 aliphatic carbocycles. The van der Waals surface area contributed by atoms with Crippen LogP contribution in [0.25, 0.3) is 0 Å². The van der Waals surface area contributed by atoms with Gasteiger partial charge in [0, 0.05) is 13.1 Å². The van der Waals surface area contributed by atoms with Gasteiger partial charge in [0.05, 0.1) is 0 Å². The van der Waals surface area contributed by atoms with Gasteiger partial charge in [0.2, 0.25) is 0 Å². The summed E-state index contributed by atoms with van der Waals surface area (Å²) in [5.41, 5.74) is -0.102. The van der Waals surface area contributed by atoms with Gasteiger partial charge < -0.3 is 10.0 Å². The van der Waals surface area contributed by atoms with Crippen molar-refractivity contribution in [2.24, 2.45) is 5.41 Å². The van der Waals surface area contributed by atoms with Crippen molar-refractivity contribution in [2.75, 3.05) is 32.7 Å². The molecule has 0 bridgehead atoms. The molecule has 2 aliphatic heterocycles. The van der Waals surface area contributed by atoms with E-state index < -0.39 is 5.97 Å². The van der Waals surface area contributed by atoms with Gasteiger partial charge in [-0.2, -0.15) is 0 Å². The van der Waals surface area contributed by atoms with Gasteiger partial charge in [0.15, 0.2) is 0 Å². The van der Waals surface area contributed by atoms with Gasteiger partial charge in [0.1, 0.15) is 6.04 Å². The summed E-state index contributed by atoms with van der Waals surface area (Å²) in [6, 6.07) is -0.311. The minimum absolute atomic E-state index is 0.102. The van der Waals surface area contributed by atoms with Gasteiger partial charge in [-0.05, 0) is 50.7 Å². The van der Waals surface area contributed by atoms with Gasteiger partial charge in [-0.15, -0.1) is 0 Å². The molecule has 1 atom stereocenters. The van der Waals surface area contributed by atoms with Crippen LogP contribution in [-0.2, 0) is 4.79 Å². The molecule has 104 valence electrons. The molecular formula is C14H26N2O2. The Morgan fingerprint density at radius 3 is 2.44 bits per heavy atom. The summed E-state index contributed by atoms with van der Waals surface area (Å²) in [4.78, 5) is 16.2. The first-order chi connectivity index (χ1) is 8.50. The van der Waals surface area contributed by atoms with Crippen molar-refractivity contribution < 1.29 is 9.90 Å². The van der Waals surface area contributed by atoms with E-state index >= 15 is 0 Å². The maximum absolute atomic E-state index is 11.5. The number of likely N-dealkylation sites (tertiary alicyclic amines) is 2. The second-order valence-electron chi connectivity index (χ2n) is 6.42. The maximum atomic E-state index is 11.5. The van der Waals surface area contributed by atoms with E-state index in [0.29, 0.717) is 0 Å². The predicted molar refractivity (Wildman–Crippen MR) is 71.7 cm³/mol. The molecule has 0 saturated carbocycles. The number of hydrogen-bond acceptors (Lipinski definition) is 3. The lowest BCUT2D eigenvalue weighted by atomic mass is 9.76. The maximum Gasteiger partial charge on any atom is 0.321 e. The molecule has 4 nitrogen and oxygen atoms in total. The summed E-state index contributed by atoms with van der Waals surface area (Å²) in [7, 11) is 0. The Bertz CT molecular complexity index is 298. The van der Waals surface area contributed by atoms with Crippen molar-refractivity contribution in [1.29, 1.82) is 0 Å². The number of piperidine rings is 1. The van der Waals surface area contributed by atoms with Gasteiger partial charge in [-0.1, -0.05) is 13.8 Å². The molecular weight excluding hydrogens is 228 g/mol. The van der Waals surface area contributed by atoms with E-state index in [1.54, 1.807) is 0 Å². The smallest absolute Gasteiger partial charge is 0.321 e. The topological polar surface area (TPSA) is 43.8 Å². The molecule has 18 heavy (non-hydrogen) atoms. The average molecular weight is 254 g/mol. The molecule has 1 unspecified atom stereocenters. The van der Waals surface area contributed by atoms with Crippen LogP contribution in [0.1, 0.15) is 39.5 Å². The molecule has 2 saturated heterocycles. The number of rotatable bonds is 4. The van der Waals surface area contributed by atoms with Crippen LogP contribution in [0.5, 0.6) is 0 Å². The summed E-state index contributed by atoms with van der Waals surface area (Å²) in [6.07, 6.45) is 4.74. The fourth-order valence-corrected chi connectivity index (χ4v) is 3.51. The number of aliphatic carboxylic acids is 1. The van der Waals surface area contributed by atoms with Crippen LogP contribution in [0.15, 0.2) is 0 Å². The zero-order chi connectivity index (χ0) is 13.2. The highest BCUT2D eigenvalue weighted by atomic mass is 16.4. The lowest BCUT2D eigenvalue weighted by Gasteiger charge is -2.44. The molecule has 0 amide bonds. The molecule has 0 radical (unpaired) electrons. The van der Waals surface area contributed by atoms with Gasteiger partial charge in [-0.3, -0.25) is 9.69 Å². The largest absolute Gasteiger partial charge is 0.480 e. The fourth-order valence-electron chi connectivity index (χ4n) is 3.51.